The fourth-order valence-electron chi connectivity index (χ4n) is 1.79. The molecule has 0 fully saturated rings. The lowest BCUT2D eigenvalue weighted by atomic mass is 10.0. The molecule has 1 aromatic carbocycles. The van der Waals surface area contributed by atoms with E-state index in [1.807, 2.05) is 0 Å². The molecule has 0 radical (unpaired) electrons. The second-order valence-electron chi connectivity index (χ2n) is 4.56. The molecule has 0 spiro atoms. The number of nitrogens with one attached hydrogen (secondary N) is 1. The molecule has 0 aromatic heterocycles. The zero-order valence-corrected chi connectivity index (χ0v) is 10.4. The molecule has 1 heterocycles. The number of ether oxygens (including phenoxy) is 1. The molecule has 1 aliphatic heterocycles. The van der Waals surface area contributed by atoms with Crippen LogP contribution in [0.25, 0.3) is 0 Å². The van der Waals surface area contributed by atoms with E-state index < -0.39 is 6.10 Å². The highest BCUT2D eigenvalue weighted by molar-refractivity contribution is 6.01. The quantitative estimate of drug-likeness (QED) is 0.790. The number of hydrogen-bond acceptors (Lipinski definition) is 4. The molecule has 2 atom stereocenters. The fourth-order valence-corrected chi connectivity index (χ4v) is 1.79. The molecule has 1 aliphatic rings. The molecule has 0 aliphatic carbocycles. The van der Waals surface area contributed by atoms with Gasteiger partial charge >= 0.3 is 0 Å². The number of carbonyl (C=O) groups excluding carboxylic acids is 2. The maximum atomic E-state index is 11.9. The Balaban J connectivity index is 2.25. The highest BCUT2D eigenvalue weighted by Gasteiger charge is 2.24. The summed E-state index contributed by atoms with van der Waals surface area (Å²) in [6.07, 6.45) is -0.229. The third-order valence-corrected chi connectivity index (χ3v) is 2.74. The first-order chi connectivity index (χ1) is 8.47. The van der Waals surface area contributed by atoms with Crippen molar-refractivity contribution in [2.75, 3.05) is 5.32 Å². The number of Topliss-reactive ketones (excluding diaryl/α,β-unsaturated/α-hetero) is 1. The molecule has 1 aromatic rings. The van der Waals surface area contributed by atoms with Crippen molar-refractivity contribution >= 4 is 17.4 Å². The Morgan fingerprint density at radius 2 is 2.28 bits per heavy atom. The van der Waals surface area contributed by atoms with Crippen LogP contribution in [-0.2, 0) is 4.79 Å². The number of rotatable bonds is 3. The summed E-state index contributed by atoms with van der Waals surface area (Å²) in [7, 11) is 0. The van der Waals surface area contributed by atoms with Gasteiger partial charge in [0.1, 0.15) is 5.75 Å². The van der Waals surface area contributed by atoms with E-state index in [2.05, 4.69) is 5.32 Å². The number of hydrogen-bond donors (Lipinski definition) is 2. The van der Waals surface area contributed by atoms with Gasteiger partial charge in [-0.15, -0.1) is 0 Å². The van der Waals surface area contributed by atoms with Crippen molar-refractivity contribution in [1.29, 1.82) is 0 Å². The molecule has 3 N–H and O–H groups in total. The smallest absolute Gasteiger partial charge is 0.265 e. The van der Waals surface area contributed by atoms with Crippen molar-refractivity contribution in [1.82, 2.24) is 0 Å². The number of ketones is 1. The van der Waals surface area contributed by atoms with Crippen LogP contribution in [0.5, 0.6) is 5.75 Å². The van der Waals surface area contributed by atoms with Gasteiger partial charge < -0.3 is 15.8 Å². The van der Waals surface area contributed by atoms with E-state index in [1.54, 1.807) is 32.0 Å². The van der Waals surface area contributed by atoms with Crippen molar-refractivity contribution in [2.24, 2.45) is 5.73 Å². The van der Waals surface area contributed by atoms with Gasteiger partial charge in [0.25, 0.3) is 5.91 Å². The predicted octanol–water partition coefficient (Wildman–Crippen LogP) is 1.33. The van der Waals surface area contributed by atoms with Crippen LogP contribution in [0.1, 0.15) is 30.6 Å². The van der Waals surface area contributed by atoms with Gasteiger partial charge in [0, 0.05) is 18.0 Å². The molecule has 5 nitrogen and oxygen atoms in total. The third-order valence-electron chi connectivity index (χ3n) is 2.74. The molecular weight excluding hydrogens is 232 g/mol. The Hall–Kier alpha value is -1.88. The lowest BCUT2D eigenvalue weighted by Crippen LogP contribution is -2.34. The van der Waals surface area contributed by atoms with E-state index in [0.717, 1.165) is 0 Å². The molecular formula is C13H16N2O3. The number of anilines is 1. The summed E-state index contributed by atoms with van der Waals surface area (Å²) in [5, 5.41) is 2.71. The Bertz CT molecular complexity index is 497. The largest absolute Gasteiger partial charge is 0.479 e. The van der Waals surface area contributed by atoms with Crippen LogP contribution in [0.3, 0.4) is 0 Å². The lowest BCUT2D eigenvalue weighted by Gasteiger charge is -2.23. The summed E-state index contributed by atoms with van der Waals surface area (Å²) >= 11 is 0. The van der Waals surface area contributed by atoms with Gasteiger partial charge in [-0.2, -0.15) is 0 Å². The maximum Gasteiger partial charge on any atom is 0.265 e. The van der Waals surface area contributed by atoms with Gasteiger partial charge in [0.15, 0.2) is 11.9 Å². The summed E-state index contributed by atoms with van der Waals surface area (Å²) in [5.41, 5.74) is 6.66. The third kappa shape index (κ3) is 2.51. The maximum absolute atomic E-state index is 11.9. The first-order valence-corrected chi connectivity index (χ1v) is 5.87. The summed E-state index contributed by atoms with van der Waals surface area (Å²) in [5.74, 6) is 0.333. The van der Waals surface area contributed by atoms with Gasteiger partial charge in [-0.05, 0) is 32.0 Å². The molecule has 0 saturated heterocycles. The van der Waals surface area contributed by atoms with Crippen LogP contribution < -0.4 is 15.8 Å². The summed E-state index contributed by atoms with van der Waals surface area (Å²) in [6, 6.07) is 4.83. The van der Waals surface area contributed by atoms with E-state index >= 15 is 0 Å². The van der Waals surface area contributed by atoms with Crippen molar-refractivity contribution in [2.45, 2.75) is 32.4 Å². The molecule has 0 saturated carbocycles. The molecule has 5 heteroatoms. The highest BCUT2D eigenvalue weighted by atomic mass is 16.5. The van der Waals surface area contributed by atoms with Crippen molar-refractivity contribution in [3.63, 3.8) is 0 Å². The zero-order chi connectivity index (χ0) is 13.3. The van der Waals surface area contributed by atoms with Gasteiger partial charge in [0.05, 0.1) is 5.69 Å². The van der Waals surface area contributed by atoms with Gasteiger partial charge in [-0.25, -0.2) is 0 Å². The van der Waals surface area contributed by atoms with E-state index in [0.29, 0.717) is 17.0 Å². The topological polar surface area (TPSA) is 81.4 Å². The monoisotopic (exact) mass is 248 g/mol. The molecule has 0 bridgehead atoms. The number of fused-ring (bicyclic) bond motifs is 1. The van der Waals surface area contributed by atoms with Crippen molar-refractivity contribution in [3.8, 4) is 5.75 Å². The van der Waals surface area contributed by atoms with Crippen LogP contribution >= 0.6 is 0 Å². The van der Waals surface area contributed by atoms with E-state index in [4.69, 9.17) is 10.5 Å². The van der Waals surface area contributed by atoms with Crippen molar-refractivity contribution < 1.29 is 14.3 Å². The predicted molar refractivity (Wildman–Crippen MR) is 67.8 cm³/mol. The van der Waals surface area contributed by atoms with Crippen molar-refractivity contribution in [3.05, 3.63) is 23.8 Å². The Labute approximate surface area is 105 Å². The molecule has 1 amide bonds. The Morgan fingerprint density at radius 3 is 2.94 bits per heavy atom. The second-order valence-corrected chi connectivity index (χ2v) is 4.56. The van der Waals surface area contributed by atoms with E-state index in [1.165, 1.54) is 0 Å². The zero-order valence-electron chi connectivity index (χ0n) is 10.4. The summed E-state index contributed by atoms with van der Waals surface area (Å²) in [4.78, 5) is 23.3. The first kappa shape index (κ1) is 12.6. The molecule has 96 valence electrons. The second kappa shape index (κ2) is 4.78. The van der Waals surface area contributed by atoms with Crippen LogP contribution in [0, 0.1) is 0 Å². The van der Waals surface area contributed by atoms with Gasteiger partial charge in [0.2, 0.25) is 0 Å². The normalized spacial score (nSPS) is 19.5. The minimum Gasteiger partial charge on any atom is -0.479 e. The van der Waals surface area contributed by atoms with Crippen LogP contribution in [-0.4, -0.2) is 23.8 Å². The summed E-state index contributed by atoms with van der Waals surface area (Å²) in [6.45, 7) is 3.45. The summed E-state index contributed by atoms with van der Waals surface area (Å²) < 4.78 is 5.41. The van der Waals surface area contributed by atoms with Gasteiger partial charge in [-0.3, -0.25) is 9.59 Å². The average Bonchev–Trinajstić information content (AvgIpc) is 2.29. The fraction of sp³-hybridized carbons (Fsp3) is 0.385. The standard InChI is InChI=1S/C13H16N2O3/c1-7(14)5-11(16)9-3-4-12-10(6-9)15-13(17)8(2)18-12/h3-4,6-8H,5,14H2,1-2H3,(H,15,17). The minimum atomic E-state index is -0.511. The van der Waals surface area contributed by atoms with E-state index in [9.17, 15) is 9.59 Å². The number of benzene rings is 1. The minimum absolute atomic E-state index is 0.0410. The SMILES string of the molecule is CC(N)CC(=O)c1ccc2c(c1)NC(=O)C(C)O2. The average molecular weight is 248 g/mol. The van der Waals surface area contributed by atoms with E-state index in [-0.39, 0.29) is 24.2 Å². The van der Waals surface area contributed by atoms with Crippen LogP contribution in [0.4, 0.5) is 5.69 Å². The first-order valence-electron chi connectivity index (χ1n) is 5.87. The van der Waals surface area contributed by atoms with Crippen LogP contribution in [0.15, 0.2) is 18.2 Å². The molecule has 18 heavy (non-hydrogen) atoms. The molecule has 2 rings (SSSR count). The number of carbonyl (C=O) groups is 2. The van der Waals surface area contributed by atoms with Crippen LogP contribution in [0.2, 0.25) is 0 Å². The number of amides is 1. The highest BCUT2D eigenvalue weighted by Crippen LogP contribution is 2.30. The Kier molecular flexibility index (Phi) is 3.34. The molecule has 2 unspecified atom stereocenters. The Morgan fingerprint density at radius 1 is 1.56 bits per heavy atom. The van der Waals surface area contributed by atoms with Gasteiger partial charge in [-0.1, -0.05) is 0 Å². The lowest BCUT2D eigenvalue weighted by molar-refractivity contribution is -0.122. The number of nitrogens with two attached hydrogens (primary N) is 1.